The molecular formula is C11H13F4N. The molecule has 5 heteroatoms. The fourth-order valence-corrected chi connectivity index (χ4v) is 1.42. The monoisotopic (exact) mass is 235 g/mol. The largest absolute Gasteiger partial charge is 0.389 e. The highest BCUT2D eigenvalue weighted by Crippen LogP contribution is 2.27. The lowest BCUT2D eigenvalue weighted by atomic mass is 10.0. The second-order valence-corrected chi connectivity index (χ2v) is 3.79. The van der Waals surface area contributed by atoms with Crippen LogP contribution in [0.25, 0.3) is 0 Å². The van der Waals surface area contributed by atoms with Crippen LogP contribution >= 0.6 is 0 Å². The summed E-state index contributed by atoms with van der Waals surface area (Å²) in [6.45, 7) is 1.74. The van der Waals surface area contributed by atoms with Crippen LogP contribution in [-0.2, 0) is 0 Å². The van der Waals surface area contributed by atoms with Gasteiger partial charge in [-0.25, -0.2) is 4.39 Å². The molecule has 1 rings (SSSR count). The minimum atomic E-state index is -4.25. The molecule has 0 amide bonds. The van der Waals surface area contributed by atoms with Gasteiger partial charge >= 0.3 is 6.18 Å². The molecule has 0 aliphatic carbocycles. The first kappa shape index (κ1) is 13.0. The summed E-state index contributed by atoms with van der Waals surface area (Å²) in [6, 6.07) is 3.34. The number of nitrogens with two attached hydrogens (primary N) is 1. The molecule has 1 aromatic rings. The van der Waals surface area contributed by atoms with Gasteiger partial charge in [-0.15, -0.1) is 0 Å². The first-order chi connectivity index (χ1) is 7.29. The van der Waals surface area contributed by atoms with Crippen molar-refractivity contribution in [2.24, 2.45) is 5.73 Å². The minimum absolute atomic E-state index is 0.143. The van der Waals surface area contributed by atoms with Gasteiger partial charge in [0.15, 0.2) is 0 Å². The minimum Gasteiger partial charge on any atom is -0.324 e. The highest BCUT2D eigenvalue weighted by Gasteiger charge is 2.28. The molecule has 16 heavy (non-hydrogen) atoms. The van der Waals surface area contributed by atoms with Crippen LogP contribution in [0.3, 0.4) is 0 Å². The van der Waals surface area contributed by atoms with E-state index >= 15 is 0 Å². The molecule has 0 aliphatic rings. The van der Waals surface area contributed by atoms with Gasteiger partial charge in [-0.3, -0.25) is 0 Å². The van der Waals surface area contributed by atoms with Crippen molar-refractivity contribution in [3.05, 3.63) is 35.1 Å². The van der Waals surface area contributed by atoms with E-state index in [1.807, 2.05) is 0 Å². The van der Waals surface area contributed by atoms with Crippen molar-refractivity contribution in [3.8, 4) is 0 Å². The van der Waals surface area contributed by atoms with Gasteiger partial charge in [-0.05, 0) is 19.4 Å². The summed E-state index contributed by atoms with van der Waals surface area (Å²) in [5, 5.41) is 0. The molecule has 0 fully saturated rings. The van der Waals surface area contributed by atoms with E-state index in [4.69, 9.17) is 5.73 Å². The van der Waals surface area contributed by atoms with Crippen LogP contribution in [0.15, 0.2) is 18.2 Å². The summed E-state index contributed by atoms with van der Waals surface area (Å²) < 4.78 is 49.2. The zero-order valence-corrected chi connectivity index (χ0v) is 8.81. The van der Waals surface area contributed by atoms with Gasteiger partial charge in [0.25, 0.3) is 0 Å². The summed E-state index contributed by atoms with van der Waals surface area (Å²) in [5.41, 5.74) is 6.45. The molecular weight excluding hydrogens is 222 g/mol. The van der Waals surface area contributed by atoms with Gasteiger partial charge < -0.3 is 5.73 Å². The molecule has 0 radical (unpaired) electrons. The fraction of sp³-hybridized carbons (Fsp3) is 0.455. The number of rotatable bonds is 3. The third kappa shape index (κ3) is 3.81. The van der Waals surface area contributed by atoms with Gasteiger partial charge in [-0.2, -0.15) is 13.2 Å². The molecule has 1 atom stereocenters. The molecule has 0 saturated heterocycles. The van der Waals surface area contributed by atoms with Crippen molar-refractivity contribution in [1.82, 2.24) is 0 Å². The van der Waals surface area contributed by atoms with E-state index < -0.39 is 24.5 Å². The Balaban J connectivity index is 2.73. The maximum Gasteiger partial charge on any atom is 0.389 e. The highest BCUT2D eigenvalue weighted by atomic mass is 19.4. The zero-order chi connectivity index (χ0) is 12.3. The quantitative estimate of drug-likeness (QED) is 0.797. The molecule has 0 heterocycles. The van der Waals surface area contributed by atoms with E-state index in [2.05, 4.69) is 0 Å². The molecule has 0 aliphatic heterocycles. The van der Waals surface area contributed by atoms with Gasteiger partial charge in [0.05, 0.1) is 0 Å². The standard InChI is InChI=1S/C11H13F4N/c1-7-2-3-9(12)8(6-7)10(16)4-5-11(13,14)15/h2-3,6,10H,4-5,16H2,1H3/t10-/m0/s1. The van der Waals surface area contributed by atoms with Gasteiger partial charge in [0.2, 0.25) is 0 Å². The number of hydrogen-bond donors (Lipinski definition) is 1. The number of hydrogen-bond acceptors (Lipinski definition) is 1. The molecule has 0 saturated carbocycles. The van der Waals surface area contributed by atoms with Crippen LogP contribution < -0.4 is 5.73 Å². The molecule has 0 aromatic heterocycles. The Hall–Kier alpha value is -1.10. The Morgan fingerprint density at radius 2 is 1.94 bits per heavy atom. The SMILES string of the molecule is Cc1ccc(F)c([C@@H](N)CCC(F)(F)F)c1. The van der Waals surface area contributed by atoms with E-state index in [-0.39, 0.29) is 12.0 Å². The van der Waals surface area contributed by atoms with Gasteiger partial charge in [0.1, 0.15) is 5.82 Å². The maximum absolute atomic E-state index is 13.3. The summed E-state index contributed by atoms with van der Waals surface area (Å²) in [6.07, 6.45) is -5.55. The zero-order valence-electron chi connectivity index (χ0n) is 8.81. The third-order valence-electron chi connectivity index (χ3n) is 2.29. The molecule has 0 bridgehead atoms. The second-order valence-electron chi connectivity index (χ2n) is 3.79. The molecule has 90 valence electrons. The van der Waals surface area contributed by atoms with Gasteiger partial charge in [0, 0.05) is 18.0 Å². The normalized spacial score (nSPS) is 13.9. The van der Waals surface area contributed by atoms with E-state index in [0.29, 0.717) is 0 Å². The Labute approximate surface area is 91.3 Å². The fourth-order valence-electron chi connectivity index (χ4n) is 1.42. The maximum atomic E-state index is 13.3. The predicted molar refractivity (Wildman–Crippen MR) is 53.4 cm³/mol. The van der Waals surface area contributed by atoms with Crippen molar-refractivity contribution in [3.63, 3.8) is 0 Å². The predicted octanol–water partition coefficient (Wildman–Crippen LogP) is 3.48. The van der Waals surface area contributed by atoms with E-state index in [1.54, 1.807) is 13.0 Å². The molecule has 0 unspecified atom stereocenters. The second kappa shape index (κ2) is 4.82. The van der Waals surface area contributed by atoms with Gasteiger partial charge in [-0.1, -0.05) is 17.7 Å². The number of aryl methyl sites for hydroxylation is 1. The summed E-state index contributed by atoms with van der Waals surface area (Å²) in [5.74, 6) is -0.555. The van der Waals surface area contributed by atoms with E-state index in [0.717, 1.165) is 5.56 Å². The average molecular weight is 235 g/mol. The summed E-state index contributed by atoms with van der Waals surface area (Å²) in [7, 11) is 0. The lowest BCUT2D eigenvalue weighted by molar-refractivity contribution is -0.136. The Kier molecular flexibility index (Phi) is 3.91. The number of halogens is 4. The molecule has 2 N–H and O–H groups in total. The Morgan fingerprint density at radius 1 is 1.31 bits per heavy atom. The molecule has 1 aromatic carbocycles. The van der Waals surface area contributed by atoms with E-state index in [1.165, 1.54) is 12.1 Å². The lowest BCUT2D eigenvalue weighted by Crippen LogP contribution is -2.17. The van der Waals surface area contributed by atoms with Crippen molar-refractivity contribution in [2.45, 2.75) is 32.0 Å². The smallest absolute Gasteiger partial charge is 0.324 e. The molecule has 0 spiro atoms. The Morgan fingerprint density at radius 3 is 2.50 bits per heavy atom. The van der Waals surface area contributed by atoms with Crippen LogP contribution in [0.4, 0.5) is 17.6 Å². The first-order valence-corrected chi connectivity index (χ1v) is 4.88. The van der Waals surface area contributed by atoms with Crippen LogP contribution in [0.2, 0.25) is 0 Å². The van der Waals surface area contributed by atoms with Crippen LogP contribution in [0.1, 0.15) is 30.0 Å². The number of benzene rings is 1. The Bertz CT molecular complexity index is 359. The summed E-state index contributed by atoms with van der Waals surface area (Å²) >= 11 is 0. The van der Waals surface area contributed by atoms with Crippen LogP contribution in [0.5, 0.6) is 0 Å². The summed E-state index contributed by atoms with van der Waals surface area (Å²) in [4.78, 5) is 0. The van der Waals surface area contributed by atoms with Crippen molar-refractivity contribution < 1.29 is 17.6 Å². The number of alkyl halides is 3. The van der Waals surface area contributed by atoms with Crippen LogP contribution in [0, 0.1) is 12.7 Å². The van der Waals surface area contributed by atoms with Crippen molar-refractivity contribution >= 4 is 0 Å². The molecule has 1 nitrogen and oxygen atoms in total. The van der Waals surface area contributed by atoms with Crippen LogP contribution in [-0.4, -0.2) is 6.18 Å². The first-order valence-electron chi connectivity index (χ1n) is 4.88. The average Bonchev–Trinajstić information content (AvgIpc) is 2.17. The third-order valence-corrected chi connectivity index (χ3v) is 2.29. The van der Waals surface area contributed by atoms with E-state index in [9.17, 15) is 17.6 Å². The highest BCUT2D eigenvalue weighted by molar-refractivity contribution is 5.26. The van der Waals surface area contributed by atoms with Crippen molar-refractivity contribution in [2.75, 3.05) is 0 Å². The topological polar surface area (TPSA) is 26.0 Å². The lowest BCUT2D eigenvalue weighted by Gasteiger charge is -2.14. The van der Waals surface area contributed by atoms with Crippen molar-refractivity contribution in [1.29, 1.82) is 0 Å².